The van der Waals surface area contributed by atoms with Gasteiger partial charge in [0, 0.05) is 13.0 Å². The number of thiazole rings is 1. The predicted octanol–water partition coefficient (Wildman–Crippen LogP) is 3.73. The number of hydrogen-bond acceptors (Lipinski definition) is 3. The van der Waals surface area contributed by atoms with Crippen molar-refractivity contribution in [1.82, 2.24) is 10.3 Å². The van der Waals surface area contributed by atoms with Gasteiger partial charge in [0.05, 0.1) is 21.6 Å². The van der Waals surface area contributed by atoms with Crippen molar-refractivity contribution in [2.45, 2.75) is 19.3 Å². The van der Waals surface area contributed by atoms with E-state index in [0.717, 1.165) is 23.4 Å². The molecule has 0 bridgehead atoms. The minimum Gasteiger partial charge on any atom is -0.356 e. The highest BCUT2D eigenvalue weighted by atomic mass is 32.1. The second-order valence-corrected chi connectivity index (χ2v) is 6.45. The number of carbonyl (C=O) groups is 1. The molecule has 0 unspecified atom stereocenters. The molecule has 0 aliphatic heterocycles. The molecule has 0 spiro atoms. The Morgan fingerprint density at radius 3 is 2.87 bits per heavy atom. The van der Waals surface area contributed by atoms with Gasteiger partial charge in [-0.1, -0.05) is 24.3 Å². The zero-order valence-electron chi connectivity index (χ0n) is 12.6. The summed E-state index contributed by atoms with van der Waals surface area (Å²) in [6.07, 6.45) is 1.90. The number of aryl methyl sites for hydroxylation is 1. The van der Waals surface area contributed by atoms with Crippen molar-refractivity contribution >= 4 is 27.5 Å². The summed E-state index contributed by atoms with van der Waals surface area (Å²) in [5.41, 5.74) is 1.72. The fourth-order valence-electron chi connectivity index (χ4n) is 2.39. The summed E-state index contributed by atoms with van der Waals surface area (Å²) in [5, 5.41) is 3.96. The van der Waals surface area contributed by atoms with Crippen LogP contribution in [0.1, 0.15) is 17.0 Å². The van der Waals surface area contributed by atoms with Gasteiger partial charge >= 0.3 is 0 Å². The number of hydrogen-bond donors (Lipinski definition) is 1. The van der Waals surface area contributed by atoms with Crippen molar-refractivity contribution < 1.29 is 9.18 Å². The van der Waals surface area contributed by atoms with Crippen LogP contribution in [0.4, 0.5) is 4.39 Å². The average molecular weight is 328 g/mol. The Morgan fingerprint density at radius 2 is 2.04 bits per heavy atom. The number of halogens is 1. The zero-order chi connectivity index (χ0) is 16.1. The van der Waals surface area contributed by atoms with Crippen molar-refractivity contribution in [2.24, 2.45) is 0 Å². The molecule has 1 amide bonds. The summed E-state index contributed by atoms with van der Waals surface area (Å²) in [5.74, 6) is -0.397. The molecule has 2 aromatic carbocycles. The van der Waals surface area contributed by atoms with Crippen LogP contribution in [0.25, 0.3) is 10.2 Å². The van der Waals surface area contributed by atoms with Crippen LogP contribution < -0.4 is 5.32 Å². The lowest BCUT2D eigenvalue weighted by Gasteiger charge is -2.04. The lowest BCUT2D eigenvalue weighted by atomic mass is 10.1. The van der Waals surface area contributed by atoms with Gasteiger partial charge in [0.25, 0.3) is 0 Å². The van der Waals surface area contributed by atoms with E-state index in [-0.39, 0.29) is 18.1 Å². The number of aromatic nitrogens is 1. The van der Waals surface area contributed by atoms with E-state index in [2.05, 4.69) is 16.4 Å². The van der Waals surface area contributed by atoms with Crippen molar-refractivity contribution in [1.29, 1.82) is 0 Å². The fourth-order valence-corrected chi connectivity index (χ4v) is 3.40. The molecule has 0 fully saturated rings. The Hall–Kier alpha value is -2.27. The van der Waals surface area contributed by atoms with E-state index in [0.29, 0.717) is 12.1 Å². The fraction of sp³-hybridized carbons (Fsp3) is 0.222. The van der Waals surface area contributed by atoms with Crippen LogP contribution in [0.3, 0.4) is 0 Å². The van der Waals surface area contributed by atoms with Crippen molar-refractivity contribution in [3.8, 4) is 0 Å². The number of para-hydroxylation sites is 1. The Morgan fingerprint density at radius 1 is 1.17 bits per heavy atom. The number of carbonyl (C=O) groups excluding carboxylic acids is 1. The topological polar surface area (TPSA) is 42.0 Å². The highest BCUT2D eigenvalue weighted by Crippen LogP contribution is 2.22. The van der Waals surface area contributed by atoms with Crippen LogP contribution in [0, 0.1) is 5.82 Å². The second-order valence-electron chi connectivity index (χ2n) is 5.34. The van der Waals surface area contributed by atoms with E-state index in [9.17, 15) is 9.18 Å². The minimum absolute atomic E-state index is 0.0834. The summed E-state index contributed by atoms with van der Waals surface area (Å²) in [7, 11) is 0. The highest BCUT2D eigenvalue weighted by molar-refractivity contribution is 7.18. The van der Waals surface area contributed by atoms with Gasteiger partial charge in [-0.15, -0.1) is 11.3 Å². The molecule has 3 aromatic rings. The molecule has 0 radical (unpaired) electrons. The largest absolute Gasteiger partial charge is 0.356 e. The Labute approximate surface area is 138 Å². The SMILES string of the molecule is O=C(Cc1cccc(F)c1)NCCCc1nc2ccccc2s1. The molecule has 1 heterocycles. The number of amides is 1. The molecule has 0 saturated heterocycles. The maximum absolute atomic E-state index is 13.1. The maximum atomic E-state index is 13.1. The smallest absolute Gasteiger partial charge is 0.224 e. The molecule has 118 valence electrons. The summed E-state index contributed by atoms with van der Waals surface area (Å²) in [4.78, 5) is 16.4. The van der Waals surface area contributed by atoms with Gasteiger partial charge in [-0.3, -0.25) is 4.79 Å². The molecular formula is C18H17FN2OS. The lowest BCUT2D eigenvalue weighted by Crippen LogP contribution is -2.26. The second kappa shape index (κ2) is 7.33. The van der Waals surface area contributed by atoms with E-state index in [1.165, 1.54) is 16.8 Å². The molecule has 5 heteroatoms. The van der Waals surface area contributed by atoms with Crippen molar-refractivity contribution in [3.05, 3.63) is 64.9 Å². The highest BCUT2D eigenvalue weighted by Gasteiger charge is 2.05. The van der Waals surface area contributed by atoms with Gasteiger partial charge in [0.15, 0.2) is 0 Å². The maximum Gasteiger partial charge on any atom is 0.224 e. The number of fused-ring (bicyclic) bond motifs is 1. The van der Waals surface area contributed by atoms with Crippen molar-refractivity contribution in [3.63, 3.8) is 0 Å². The van der Waals surface area contributed by atoms with Gasteiger partial charge < -0.3 is 5.32 Å². The average Bonchev–Trinajstić information content (AvgIpc) is 2.94. The van der Waals surface area contributed by atoms with Gasteiger partial charge in [-0.05, 0) is 36.2 Å². The number of nitrogens with zero attached hydrogens (tertiary/aromatic N) is 1. The summed E-state index contributed by atoms with van der Waals surface area (Å²) < 4.78 is 14.3. The normalized spacial score (nSPS) is 10.8. The monoisotopic (exact) mass is 328 g/mol. The number of benzene rings is 2. The third kappa shape index (κ3) is 4.36. The third-order valence-corrected chi connectivity index (χ3v) is 4.58. The molecule has 23 heavy (non-hydrogen) atoms. The summed E-state index contributed by atoms with van der Waals surface area (Å²) in [6.45, 7) is 0.601. The predicted molar refractivity (Wildman–Crippen MR) is 91.1 cm³/mol. The van der Waals surface area contributed by atoms with Gasteiger partial charge in [-0.2, -0.15) is 0 Å². The molecule has 3 nitrogen and oxygen atoms in total. The molecule has 0 saturated carbocycles. The minimum atomic E-state index is -0.314. The standard InChI is InChI=1S/C18H17FN2OS/c19-14-6-3-5-13(11-14)12-17(22)20-10-4-9-18-21-15-7-1-2-8-16(15)23-18/h1-3,5-8,11H,4,9-10,12H2,(H,20,22). The van der Waals surface area contributed by atoms with Gasteiger partial charge in [-0.25, -0.2) is 9.37 Å². The van der Waals surface area contributed by atoms with E-state index in [4.69, 9.17) is 0 Å². The molecule has 1 N–H and O–H groups in total. The third-order valence-electron chi connectivity index (χ3n) is 3.48. The summed E-state index contributed by atoms with van der Waals surface area (Å²) in [6, 6.07) is 14.2. The Kier molecular flexibility index (Phi) is 4.98. The van der Waals surface area contributed by atoms with Gasteiger partial charge in [0.2, 0.25) is 5.91 Å². The Bertz CT molecular complexity index is 782. The lowest BCUT2D eigenvalue weighted by molar-refractivity contribution is -0.120. The van der Waals surface area contributed by atoms with Crippen LogP contribution in [-0.4, -0.2) is 17.4 Å². The Balaban J connectivity index is 1.43. The summed E-state index contributed by atoms with van der Waals surface area (Å²) >= 11 is 1.69. The van der Waals surface area contributed by atoms with E-state index in [1.807, 2.05) is 18.2 Å². The molecule has 1 aromatic heterocycles. The first-order chi connectivity index (χ1) is 11.2. The molecule has 0 aliphatic carbocycles. The van der Waals surface area contributed by atoms with Crippen molar-refractivity contribution in [2.75, 3.05) is 6.54 Å². The van der Waals surface area contributed by atoms with E-state index in [1.54, 1.807) is 23.5 Å². The number of nitrogens with one attached hydrogen (secondary N) is 1. The molecule has 0 aliphatic rings. The van der Waals surface area contributed by atoms with Gasteiger partial charge in [0.1, 0.15) is 5.82 Å². The van der Waals surface area contributed by atoms with Crippen LogP contribution in [0.15, 0.2) is 48.5 Å². The van der Waals surface area contributed by atoms with Crippen LogP contribution in [-0.2, 0) is 17.6 Å². The first-order valence-electron chi connectivity index (χ1n) is 7.56. The van der Waals surface area contributed by atoms with Crippen LogP contribution >= 0.6 is 11.3 Å². The first kappa shape index (κ1) is 15.6. The van der Waals surface area contributed by atoms with Crippen LogP contribution in [0.2, 0.25) is 0 Å². The van der Waals surface area contributed by atoms with Crippen LogP contribution in [0.5, 0.6) is 0 Å². The zero-order valence-corrected chi connectivity index (χ0v) is 13.4. The molecular weight excluding hydrogens is 311 g/mol. The van der Waals surface area contributed by atoms with E-state index < -0.39 is 0 Å². The number of rotatable bonds is 6. The van der Waals surface area contributed by atoms with E-state index >= 15 is 0 Å². The molecule has 0 atom stereocenters. The molecule has 3 rings (SSSR count). The first-order valence-corrected chi connectivity index (χ1v) is 8.38. The quantitative estimate of drug-likeness (QED) is 0.701.